The Labute approximate surface area is 195 Å². The second-order valence-electron chi connectivity index (χ2n) is 7.02. The molecule has 0 spiro atoms. The van der Waals surface area contributed by atoms with Crippen LogP contribution in [0.2, 0.25) is 0 Å². The summed E-state index contributed by atoms with van der Waals surface area (Å²) in [5, 5.41) is 21.9. The molecular weight excluding hydrogens is 474 g/mol. The number of β-lactam (4-membered cyclic amide) rings is 1. The maximum atomic E-state index is 12.9. The lowest BCUT2D eigenvalue weighted by atomic mass is 10.0. The molecule has 1 fully saturated rings. The molecule has 0 bridgehead atoms. The van der Waals surface area contributed by atoms with Crippen LogP contribution in [0.25, 0.3) is 0 Å². The number of anilines is 1. The third-order valence-corrected chi connectivity index (χ3v) is 6.61. The molecule has 0 radical (unpaired) electrons. The Morgan fingerprint density at radius 1 is 1.48 bits per heavy atom. The Morgan fingerprint density at radius 3 is 2.88 bits per heavy atom. The summed E-state index contributed by atoms with van der Waals surface area (Å²) >= 11 is 2.21. The van der Waals surface area contributed by atoms with E-state index >= 15 is 0 Å². The Morgan fingerprint density at radius 2 is 2.27 bits per heavy atom. The van der Waals surface area contributed by atoms with Gasteiger partial charge >= 0.3 is 0 Å². The molecule has 2 aromatic heterocycles. The SMILES string of the molecule is CCON=C(C(=O)NC1C(=O)N2C(C(=O)[O-])=C(Cn3c[n+](C)cn3)CS[C@H]12)c1nsc(N)n1. The van der Waals surface area contributed by atoms with Gasteiger partial charge in [-0.3, -0.25) is 14.5 Å². The van der Waals surface area contributed by atoms with Gasteiger partial charge in [-0.05, 0) is 6.92 Å². The number of amides is 2. The first-order chi connectivity index (χ1) is 15.8. The highest BCUT2D eigenvalue weighted by molar-refractivity contribution is 8.00. The average molecular weight is 494 g/mol. The molecule has 2 atom stereocenters. The summed E-state index contributed by atoms with van der Waals surface area (Å²) in [7, 11) is 1.79. The Kier molecular flexibility index (Phi) is 6.28. The number of hydrogen-bond donors (Lipinski definition) is 2. The molecule has 4 heterocycles. The minimum absolute atomic E-state index is 0.0339. The van der Waals surface area contributed by atoms with E-state index in [1.54, 1.807) is 35.9 Å². The summed E-state index contributed by atoms with van der Waals surface area (Å²) in [6, 6.07) is -0.969. The molecule has 14 nitrogen and oxygen atoms in total. The van der Waals surface area contributed by atoms with Crippen molar-refractivity contribution in [1.29, 1.82) is 0 Å². The normalized spacial score (nSPS) is 20.4. The Bertz CT molecular complexity index is 1170. The zero-order valence-electron chi connectivity index (χ0n) is 17.5. The number of carboxylic acids is 1. The molecule has 16 heteroatoms. The number of carboxylic acid groups (broad SMARTS) is 1. The number of hydrogen-bond acceptors (Lipinski definition) is 12. The fraction of sp³-hybridized carbons (Fsp3) is 0.412. The van der Waals surface area contributed by atoms with Gasteiger partial charge in [-0.2, -0.15) is 9.36 Å². The lowest BCUT2D eigenvalue weighted by molar-refractivity contribution is -0.672. The van der Waals surface area contributed by atoms with Crippen LogP contribution in [0.1, 0.15) is 12.7 Å². The number of nitrogens with zero attached hydrogens (tertiary/aromatic N) is 7. The molecule has 2 aliphatic heterocycles. The van der Waals surface area contributed by atoms with E-state index in [0.717, 1.165) is 16.4 Å². The molecular formula is C17H19N9O5S2. The molecule has 3 N–H and O–H groups in total. The highest BCUT2D eigenvalue weighted by Crippen LogP contribution is 2.40. The predicted molar refractivity (Wildman–Crippen MR) is 113 cm³/mol. The van der Waals surface area contributed by atoms with Crippen molar-refractivity contribution >= 4 is 51.9 Å². The number of aromatic nitrogens is 5. The van der Waals surface area contributed by atoms with Crippen LogP contribution in [0.3, 0.4) is 0 Å². The summed E-state index contributed by atoms with van der Waals surface area (Å²) < 4.78 is 7.23. The number of carbonyl (C=O) groups is 3. The molecule has 4 rings (SSSR count). The lowest BCUT2D eigenvalue weighted by Gasteiger charge is -2.50. The van der Waals surface area contributed by atoms with E-state index in [1.165, 1.54) is 11.8 Å². The monoisotopic (exact) mass is 493 g/mol. The number of nitrogens with one attached hydrogen (secondary N) is 1. The lowest BCUT2D eigenvalue weighted by Crippen LogP contribution is -2.71. The molecule has 33 heavy (non-hydrogen) atoms. The Hall–Kier alpha value is -3.53. The van der Waals surface area contributed by atoms with Crippen molar-refractivity contribution in [3.8, 4) is 0 Å². The molecule has 2 aliphatic rings. The van der Waals surface area contributed by atoms with E-state index in [9.17, 15) is 19.5 Å². The van der Waals surface area contributed by atoms with Crippen LogP contribution in [-0.4, -0.2) is 71.3 Å². The molecule has 0 aliphatic carbocycles. The quantitative estimate of drug-likeness (QED) is 0.166. The topological polar surface area (TPSA) is 185 Å². The van der Waals surface area contributed by atoms with Gasteiger partial charge in [0, 0.05) is 28.0 Å². The van der Waals surface area contributed by atoms with Gasteiger partial charge in [0.2, 0.25) is 17.9 Å². The number of nitrogen functional groups attached to an aromatic ring is 1. The molecule has 1 unspecified atom stereocenters. The summed E-state index contributed by atoms with van der Waals surface area (Å²) in [4.78, 5) is 47.6. The minimum atomic E-state index is -1.47. The van der Waals surface area contributed by atoms with E-state index < -0.39 is 29.2 Å². The summed E-state index contributed by atoms with van der Waals surface area (Å²) in [5.41, 5.74) is 5.63. The third kappa shape index (κ3) is 4.38. The first kappa shape index (κ1) is 22.7. The van der Waals surface area contributed by atoms with Gasteiger partial charge in [-0.25, -0.2) is 4.57 Å². The predicted octanol–water partition coefficient (Wildman–Crippen LogP) is -3.01. The number of fused-ring (bicyclic) bond motifs is 1. The standard InChI is InChI=1S/C17H19N9O5S2/c1-3-31-22-9(12-21-17(18)33-23-12)13(27)20-10-14(28)26-11(16(29)30)8(5-32-15(10)26)4-25-7-24(2)6-19-25/h6-7,10,15H,3-5H2,1-2H3,(H3-,18,20,21,23,27,29,30)/t10?,15-/m1/s1. The second-order valence-corrected chi connectivity index (χ2v) is 8.91. The number of nitrogens with two attached hydrogens (primary N) is 1. The van der Waals surface area contributed by atoms with Gasteiger partial charge in [0.15, 0.2) is 5.13 Å². The third-order valence-electron chi connectivity index (χ3n) is 4.73. The van der Waals surface area contributed by atoms with Crippen LogP contribution in [-0.2, 0) is 32.8 Å². The van der Waals surface area contributed by atoms with Crippen LogP contribution in [0.5, 0.6) is 0 Å². The summed E-state index contributed by atoms with van der Waals surface area (Å²) in [6.45, 7) is 2.07. The van der Waals surface area contributed by atoms with Crippen LogP contribution >= 0.6 is 23.3 Å². The fourth-order valence-electron chi connectivity index (χ4n) is 3.34. The number of aryl methyl sites for hydroxylation is 1. The second kappa shape index (κ2) is 9.14. The van der Waals surface area contributed by atoms with E-state index in [-0.39, 0.29) is 35.5 Å². The van der Waals surface area contributed by atoms with Crippen molar-refractivity contribution in [2.75, 3.05) is 18.1 Å². The van der Waals surface area contributed by atoms with Gasteiger partial charge < -0.3 is 25.8 Å². The molecule has 0 aromatic carbocycles. The van der Waals surface area contributed by atoms with Crippen LogP contribution in [0.4, 0.5) is 5.13 Å². The van der Waals surface area contributed by atoms with Crippen molar-refractivity contribution in [3.63, 3.8) is 0 Å². The average Bonchev–Trinajstić information content (AvgIpc) is 3.39. The van der Waals surface area contributed by atoms with Crippen molar-refractivity contribution < 1.29 is 28.9 Å². The van der Waals surface area contributed by atoms with Gasteiger partial charge in [0.25, 0.3) is 18.1 Å². The van der Waals surface area contributed by atoms with Crippen molar-refractivity contribution in [1.82, 2.24) is 29.4 Å². The number of rotatable bonds is 8. The Balaban J connectivity index is 1.53. The first-order valence-electron chi connectivity index (χ1n) is 9.66. The molecule has 2 amide bonds. The summed E-state index contributed by atoms with van der Waals surface area (Å²) in [5.74, 6) is -2.50. The zero-order chi connectivity index (χ0) is 23.7. The van der Waals surface area contributed by atoms with Gasteiger partial charge in [0.1, 0.15) is 24.6 Å². The molecule has 174 valence electrons. The maximum absolute atomic E-state index is 12.9. The molecule has 2 aromatic rings. The van der Waals surface area contributed by atoms with Gasteiger partial charge in [-0.15, -0.1) is 16.4 Å². The number of aliphatic carboxylic acids is 1. The maximum Gasteiger partial charge on any atom is 0.278 e. The minimum Gasteiger partial charge on any atom is -0.543 e. The largest absolute Gasteiger partial charge is 0.543 e. The van der Waals surface area contributed by atoms with Crippen molar-refractivity contribution in [3.05, 3.63) is 29.7 Å². The number of carbonyl (C=O) groups excluding carboxylic acids is 3. The van der Waals surface area contributed by atoms with E-state index in [4.69, 9.17) is 10.6 Å². The zero-order valence-corrected chi connectivity index (χ0v) is 19.1. The van der Waals surface area contributed by atoms with Crippen LogP contribution < -0.4 is 20.7 Å². The summed E-state index contributed by atoms with van der Waals surface area (Å²) in [6.07, 6.45) is 3.26. The van der Waals surface area contributed by atoms with E-state index in [0.29, 0.717) is 11.3 Å². The molecule has 0 saturated carbocycles. The first-order valence-corrected chi connectivity index (χ1v) is 11.5. The van der Waals surface area contributed by atoms with Crippen LogP contribution in [0.15, 0.2) is 29.1 Å². The smallest absolute Gasteiger partial charge is 0.278 e. The number of oxime groups is 1. The fourth-order valence-corrected chi connectivity index (χ4v) is 5.11. The number of thioether (sulfide) groups is 1. The molecule has 1 saturated heterocycles. The van der Waals surface area contributed by atoms with E-state index in [1.807, 2.05) is 0 Å². The highest BCUT2D eigenvalue weighted by atomic mass is 32.2. The van der Waals surface area contributed by atoms with E-state index in [2.05, 4.69) is 24.9 Å². The van der Waals surface area contributed by atoms with Crippen molar-refractivity contribution in [2.45, 2.75) is 24.9 Å². The van der Waals surface area contributed by atoms with Gasteiger partial charge in [-0.1, -0.05) is 5.16 Å². The van der Waals surface area contributed by atoms with Gasteiger partial charge in [0.05, 0.1) is 18.7 Å². The highest BCUT2D eigenvalue weighted by Gasteiger charge is 2.53. The van der Waals surface area contributed by atoms with Crippen molar-refractivity contribution in [2.24, 2.45) is 12.2 Å². The van der Waals surface area contributed by atoms with Crippen LogP contribution in [0, 0.1) is 0 Å².